The molecule has 0 bridgehead atoms. The number of hydrogen-bond donors (Lipinski definition) is 1. The summed E-state index contributed by atoms with van der Waals surface area (Å²) in [6.45, 7) is 1.93. The predicted octanol–water partition coefficient (Wildman–Crippen LogP) is 2.81. The fourth-order valence-electron chi connectivity index (χ4n) is 2.41. The van der Waals surface area contributed by atoms with E-state index < -0.39 is 4.92 Å². The second-order valence-electron chi connectivity index (χ2n) is 4.87. The van der Waals surface area contributed by atoms with Crippen molar-refractivity contribution in [1.82, 2.24) is 9.38 Å². The first-order valence-electron chi connectivity index (χ1n) is 6.59. The third kappa shape index (κ3) is 2.03. The largest absolute Gasteiger partial charge is 0.490 e. The molecule has 7 heteroatoms. The van der Waals surface area contributed by atoms with Crippen molar-refractivity contribution in [1.29, 1.82) is 0 Å². The van der Waals surface area contributed by atoms with Gasteiger partial charge in [-0.2, -0.15) is 0 Å². The number of nitrogens with two attached hydrogens (primary N) is 1. The second-order valence-corrected chi connectivity index (χ2v) is 4.87. The Labute approximate surface area is 126 Å². The Hall–Kier alpha value is -3.09. The molecule has 0 saturated carbocycles. The van der Waals surface area contributed by atoms with Crippen molar-refractivity contribution in [2.75, 3.05) is 12.8 Å². The van der Waals surface area contributed by atoms with Gasteiger partial charge in [-0.05, 0) is 30.7 Å². The molecule has 3 aromatic rings. The number of aryl methyl sites for hydroxylation is 1. The van der Waals surface area contributed by atoms with Gasteiger partial charge in [0.2, 0.25) is 0 Å². The number of nitro benzene ring substituents is 1. The number of nitrogen functional groups attached to an aromatic ring is 1. The Balaban J connectivity index is 2.24. The smallest absolute Gasteiger partial charge is 0.311 e. The Morgan fingerprint density at radius 1 is 1.36 bits per heavy atom. The van der Waals surface area contributed by atoms with E-state index in [2.05, 4.69) is 4.98 Å². The predicted molar refractivity (Wildman–Crippen MR) is 83.0 cm³/mol. The number of nitrogens with zero attached hydrogens (tertiary/aromatic N) is 3. The zero-order chi connectivity index (χ0) is 15.9. The zero-order valence-corrected chi connectivity index (χ0v) is 12.1. The molecule has 0 aliphatic carbocycles. The van der Waals surface area contributed by atoms with Gasteiger partial charge in [0.05, 0.1) is 12.0 Å². The van der Waals surface area contributed by atoms with Gasteiger partial charge in [0.1, 0.15) is 17.2 Å². The molecular weight excluding hydrogens is 284 g/mol. The van der Waals surface area contributed by atoms with Crippen molar-refractivity contribution in [2.45, 2.75) is 6.92 Å². The maximum absolute atomic E-state index is 11.1. The molecule has 22 heavy (non-hydrogen) atoms. The van der Waals surface area contributed by atoms with Crippen LogP contribution in [0.15, 0.2) is 36.5 Å². The molecule has 112 valence electrons. The average Bonchev–Trinajstić information content (AvgIpc) is 2.85. The van der Waals surface area contributed by atoms with E-state index >= 15 is 0 Å². The standard InChI is InChI=1S/C15H14N4O3/c1-9-4-3-7-18-14(16)13(17-15(9)18)10-5-6-12(22-2)11(8-10)19(20)21/h3-8H,16H2,1-2H3. The van der Waals surface area contributed by atoms with Gasteiger partial charge in [-0.15, -0.1) is 0 Å². The van der Waals surface area contributed by atoms with Crippen molar-refractivity contribution in [3.05, 3.63) is 52.2 Å². The number of pyridine rings is 1. The topological polar surface area (TPSA) is 95.7 Å². The third-order valence-corrected chi connectivity index (χ3v) is 3.53. The summed E-state index contributed by atoms with van der Waals surface area (Å²) in [6, 6.07) is 8.48. The van der Waals surface area contributed by atoms with Crippen LogP contribution in [0.5, 0.6) is 5.75 Å². The van der Waals surface area contributed by atoms with Gasteiger partial charge in [0.15, 0.2) is 5.75 Å². The Morgan fingerprint density at radius 3 is 2.77 bits per heavy atom. The minimum Gasteiger partial charge on any atom is -0.490 e. The lowest BCUT2D eigenvalue weighted by atomic mass is 10.1. The number of anilines is 1. The summed E-state index contributed by atoms with van der Waals surface area (Å²) in [5.41, 5.74) is 8.81. The highest BCUT2D eigenvalue weighted by Crippen LogP contribution is 2.34. The van der Waals surface area contributed by atoms with E-state index in [4.69, 9.17) is 10.5 Å². The molecule has 2 N–H and O–H groups in total. The monoisotopic (exact) mass is 298 g/mol. The molecule has 0 spiro atoms. The van der Waals surface area contributed by atoms with E-state index in [1.165, 1.54) is 13.2 Å². The zero-order valence-electron chi connectivity index (χ0n) is 12.1. The van der Waals surface area contributed by atoms with Crippen molar-refractivity contribution in [3.8, 4) is 17.0 Å². The summed E-state index contributed by atoms with van der Waals surface area (Å²) in [4.78, 5) is 15.2. The van der Waals surface area contributed by atoms with Gasteiger partial charge in [-0.1, -0.05) is 6.07 Å². The van der Waals surface area contributed by atoms with Gasteiger partial charge in [0.25, 0.3) is 0 Å². The van der Waals surface area contributed by atoms with Crippen LogP contribution in [0.3, 0.4) is 0 Å². The first-order valence-corrected chi connectivity index (χ1v) is 6.59. The minimum atomic E-state index is -0.487. The van der Waals surface area contributed by atoms with Crippen molar-refractivity contribution in [2.24, 2.45) is 0 Å². The minimum absolute atomic E-state index is 0.117. The lowest BCUT2D eigenvalue weighted by molar-refractivity contribution is -0.385. The summed E-state index contributed by atoms with van der Waals surface area (Å²) in [5.74, 6) is 0.644. The molecule has 0 amide bonds. The number of imidazole rings is 1. The first-order chi connectivity index (χ1) is 10.5. The number of ether oxygens (including phenoxy) is 1. The quantitative estimate of drug-likeness (QED) is 0.592. The molecule has 0 radical (unpaired) electrons. The number of methoxy groups -OCH3 is 1. The molecular formula is C15H14N4O3. The number of rotatable bonds is 3. The van der Waals surface area contributed by atoms with Crippen LogP contribution in [-0.4, -0.2) is 21.4 Å². The van der Waals surface area contributed by atoms with Gasteiger partial charge < -0.3 is 10.5 Å². The SMILES string of the molecule is COc1ccc(-c2nc3c(C)cccn3c2N)cc1[N+](=O)[O-]. The molecule has 7 nitrogen and oxygen atoms in total. The number of fused-ring (bicyclic) bond motifs is 1. The third-order valence-electron chi connectivity index (χ3n) is 3.53. The number of aromatic nitrogens is 2. The van der Waals surface area contributed by atoms with Crippen LogP contribution in [0.25, 0.3) is 16.9 Å². The van der Waals surface area contributed by atoms with Crippen molar-refractivity contribution >= 4 is 17.2 Å². The molecule has 2 aromatic heterocycles. The van der Waals surface area contributed by atoms with E-state index in [9.17, 15) is 10.1 Å². The normalized spacial score (nSPS) is 10.8. The van der Waals surface area contributed by atoms with Crippen LogP contribution < -0.4 is 10.5 Å². The Bertz CT molecular complexity index is 886. The summed E-state index contributed by atoms with van der Waals surface area (Å²) in [7, 11) is 1.39. The highest BCUT2D eigenvalue weighted by atomic mass is 16.6. The number of nitro groups is 1. The van der Waals surface area contributed by atoms with E-state index in [1.807, 2.05) is 25.3 Å². The van der Waals surface area contributed by atoms with Gasteiger partial charge in [-0.3, -0.25) is 14.5 Å². The van der Waals surface area contributed by atoms with E-state index in [1.54, 1.807) is 16.5 Å². The first kappa shape index (κ1) is 13.9. The molecule has 0 atom stereocenters. The number of hydrogen-bond acceptors (Lipinski definition) is 5. The van der Waals surface area contributed by atoms with Crippen LogP contribution in [0.4, 0.5) is 11.5 Å². The maximum Gasteiger partial charge on any atom is 0.311 e. The molecule has 0 aliphatic rings. The van der Waals surface area contributed by atoms with Crippen LogP contribution in [0.1, 0.15) is 5.56 Å². The van der Waals surface area contributed by atoms with E-state index in [0.29, 0.717) is 17.1 Å². The highest BCUT2D eigenvalue weighted by molar-refractivity contribution is 5.78. The lowest BCUT2D eigenvalue weighted by Gasteiger charge is -2.04. The van der Waals surface area contributed by atoms with E-state index in [-0.39, 0.29) is 11.4 Å². The fourth-order valence-corrected chi connectivity index (χ4v) is 2.41. The molecule has 0 fully saturated rings. The summed E-state index contributed by atoms with van der Waals surface area (Å²) in [6.07, 6.45) is 1.81. The molecule has 1 aromatic carbocycles. The molecule has 0 aliphatic heterocycles. The number of benzene rings is 1. The molecule has 0 saturated heterocycles. The van der Waals surface area contributed by atoms with Crippen LogP contribution in [0, 0.1) is 17.0 Å². The maximum atomic E-state index is 11.1. The second kappa shape index (κ2) is 5.03. The molecule has 3 rings (SSSR count). The van der Waals surface area contributed by atoms with Crippen LogP contribution >= 0.6 is 0 Å². The van der Waals surface area contributed by atoms with Gasteiger partial charge >= 0.3 is 5.69 Å². The highest BCUT2D eigenvalue weighted by Gasteiger charge is 2.19. The van der Waals surface area contributed by atoms with Crippen molar-refractivity contribution < 1.29 is 9.66 Å². The van der Waals surface area contributed by atoms with E-state index in [0.717, 1.165) is 11.2 Å². The Morgan fingerprint density at radius 2 is 2.14 bits per heavy atom. The van der Waals surface area contributed by atoms with Gasteiger partial charge in [-0.25, -0.2) is 4.98 Å². The summed E-state index contributed by atoms with van der Waals surface area (Å²) in [5, 5.41) is 11.1. The summed E-state index contributed by atoms with van der Waals surface area (Å²) >= 11 is 0. The van der Waals surface area contributed by atoms with Crippen LogP contribution in [0.2, 0.25) is 0 Å². The van der Waals surface area contributed by atoms with Crippen molar-refractivity contribution in [3.63, 3.8) is 0 Å². The fraction of sp³-hybridized carbons (Fsp3) is 0.133. The van der Waals surface area contributed by atoms with Crippen LogP contribution in [-0.2, 0) is 0 Å². The average molecular weight is 298 g/mol. The van der Waals surface area contributed by atoms with Gasteiger partial charge in [0, 0.05) is 17.8 Å². The Kier molecular flexibility index (Phi) is 3.17. The summed E-state index contributed by atoms with van der Waals surface area (Å²) < 4.78 is 6.77. The molecule has 2 heterocycles. The molecule has 0 unspecified atom stereocenters. The lowest BCUT2D eigenvalue weighted by Crippen LogP contribution is -1.96.